The van der Waals surface area contributed by atoms with Gasteiger partial charge in [-0.25, -0.2) is 4.99 Å². The molecule has 0 aromatic heterocycles. The molecule has 1 nitrogen and oxygen atoms in total. The number of aryl methyl sites for hydroxylation is 7. The highest BCUT2D eigenvalue weighted by atomic mass is 14.7. The smallest absolute Gasteiger partial charge is 0.0886 e. The summed E-state index contributed by atoms with van der Waals surface area (Å²) < 4.78 is 0. The summed E-state index contributed by atoms with van der Waals surface area (Å²) in [4.78, 5) is 4.92. The molecule has 0 radical (unpaired) electrons. The van der Waals surface area contributed by atoms with Gasteiger partial charge >= 0.3 is 0 Å². The van der Waals surface area contributed by atoms with E-state index in [1.807, 2.05) is 0 Å². The lowest BCUT2D eigenvalue weighted by Gasteiger charge is -2.18. The van der Waals surface area contributed by atoms with Crippen LogP contribution in [0, 0.1) is 65.7 Å². The monoisotopic (exact) mass is 447 g/mol. The summed E-state index contributed by atoms with van der Waals surface area (Å²) >= 11 is 0. The van der Waals surface area contributed by atoms with Gasteiger partial charge in [-0.05, 0) is 126 Å². The average Bonchev–Trinajstić information content (AvgIpc) is 2.68. The molecule has 0 saturated carbocycles. The van der Waals surface area contributed by atoms with Gasteiger partial charge in [0.1, 0.15) is 0 Å². The molecule has 1 heteroatoms. The second-order valence-corrected chi connectivity index (χ2v) is 10.7. The minimum absolute atomic E-state index is 0.0715. The number of rotatable bonds is 3. The highest BCUT2D eigenvalue weighted by Gasteiger charge is 2.16. The van der Waals surface area contributed by atoms with Gasteiger partial charge in [0.15, 0.2) is 0 Å². The van der Waals surface area contributed by atoms with E-state index in [0.29, 0.717) is 0 Å². The normalized spacial score (nSPS) is 10.9. The van der Waals surface area contributed by atoms with E-state index in [1.54, 1.807) is 0 Å². The molecule has 0 N–H and O–H groups in total. The Morgan fingerprint density at radius 2 is 1.12 bits per heavy atom. The number of nitrogens with zero attached hydrogens (tertiary/aromatic N) is 1. The fourth-order valence-electron chi connectivity index (χ4n) is 4.60. The molecule has 3 rings (SSSR count). The third-order valence-electron chi connectivity index (χ3n) is 5.87. The SMILES string of the molecule is Cc1cc(C)c(C(=C=Nc2ccc(C)cc2C#CC(C)(C)C)c2c(C)cc(C)cc2C)c(C)c1. The fraction of sp³-hybridized carbons (Fsp3) is 0.333. The van der Waals surface area contributed by atoms with E-state index < -0.39 is 0 Å². The highest BCUT2D eigenvalue weighted by molar-refractivity contribution is 6.02. The first-order valence-corrected chi connectivity index (χ1v) is 12.0. The maximum atomic E-state index is 4.92. The summed E-state index contributed by atoms with van der Waals surface area (Å²) in [7, 11) is 0. The Morgan fingerprint density at radius 3 is 1.56 bits per heavy atom. The van der Waals surface area contributed by atoms with E-state index in [4.69, 9.17) is 4.99 Å². The van der Waals surface area contributed by atoms with Gasteiger partial charge in [-0.2, -0.15) is 0 Å². The standard InChI is InChI=1S/C33H37N/c1-21-11-12-30(28(19-21)13-14-33(8,9)10)34-20-29(31-24(4)15-22(2)16-25(31)5)32-26(6)17-23(3)18-27(32)7/h11-12,15-19H,1-10H3. The Bertz CT molecular complexity index is 1270. The molecule has 0 amide bonds. The van der Waals surface area contributed by atoms with Crippen molar-refractivity contribution in [3.63, 3.8) is 0 Å². The molecular formula is C33H37N. The first kappa shape index (κ1) is 25.3. The summed E-state index contributed by atoms with van der Waals surface area (Å²) in [5, 5.41) is 0. The summed E-state index contributed by atoms with van der Waals surface area (Å²) in [5.74, 6) is 10.2. The van der Waals surface area contributed by atoms with E-state index in [-0.39, 0.29) is 5.41 Å². The van der Waals surface area contributed by atoms with Crippen molar-refractivity contribution in [3.05, 3.63) is 98.1 Å². The van der Waals surface area contributed by atoms with Crippen molar-refractivity contribution in [3.8, 4) is 11.8 Å². The molecule has 0 atom stereocenters. The number of aliphatic imine (C=N–C) groups is 1. The Labute approximate surface area is 206 Å². The van der Waals surface area contributed by atoms with Gasteiger partial charge in [-0.15, -0.1) is 0 Å². The Morgan fingerprint density at radius 1 is 0.647 bits per heavy atom. The molecule has 0 spiro atoms. The number of benzene rings is 3. The topological polar surface area (TPSA) is 12.4 Å². The fourth-order valence-corrected chi connectivity index (χ4v) is 4.60. The van der Waals surface area contributed by atoms with Crippen LogP contribution in [-0.4, -0.2) is 5.87 Å². The molecule has 0 bridgehead atoms. The number of hydrogen-bond acceptors (Lipinski definition) is 1. The Balaban J connectivity index is 2.36. The zero-order valence-corrected chi connectivity index (χ0v) is 22.5. The first-order valence-electron chi connectivity index (χ1n) is 12.0. The van der Waals surface area contributed by atoms with Gasteiger partial charge in [0.05, 0.1) is 16.8 Å². The predicted octanol–water partition coefficient (Wildman–Crippen LogP) is 8.68. The van der Waals surface area contributed by atoms with Crippen LogP contribution in [0.1, 0.15) is 76.4 Å². The third kappa shape index (κ3) is 5.96. The van der Waals surface area contributed by atoms with Gasteiger partial charge in [-0.1, -0.05) is 53.3 Å². The van der Waals surface area contributed by atoms with Gasteiger partial charge in [-0.3, -0.25) is 0 Å². The summed E-state index contributed by atoms with van der Waals surface area (Å²) in [6, 6.07) is 15.2. The lowest BCUT2D eigenvalue weighted by molar-refractivity contribution is 0.571. The predicted molar refractivity (Wildman–Crippen MR) is 148 cm³/mol. The quantitative estimate of drug-likeness (QED) is 0.281. The molecule has 0 aliphatic carbocycles. The zero-order chi connectivity index (χ0) is 25.2. The second kappa shape index (κ2) is 9.89. The van der Waals surface area contributed by atoms with E-state index in [2.05, 4.69) is 129 Å². The zero-order valence-electron chi connectivity index (χ0n) is 22.5. The Kier molecular flexibility index (Phi) is 7.35. The second-order valence-electron chi connectivity index (χ2n) is 10.7. The molecule has 3 aromatic carbocycles. The molecule has 34 heavy (non-hydrogen) atoms. The maximum absolute atomic E-state index is 4.92. The molecule has 0 saturated heterocycles. The highest BCUT2D eigenvalue weighted by Crippen LogP contribution is 2.33. The van der Waals surface area contributed by atoms with Crippen molar-refractivity contribution in [2.75, 3.05) is 0 Å². The van der Waals surface area contributed by atoms with Crippen LogP contribution >= 0.6 is 0 Å². The van der Waals surface area contributed by atoms with Crippen LogP contribution in [0.5, 0.6) is 0 Å². The van der Waals surface area contributed by atoms with Crippen LogP contribution in [-0.2, 0) is 0 Å². The summed E-state index contributed by atoms with van der Waals surface area (Å²) in [6.07, 6.45) is 0. The molecule has 0 aliphatic rings. The van der Waals surface area contributed by atoms with E-state index >= 15 is 0 Å². The van der Waals surface area contributed by atoms with Crippen LogP contribution < -0.4 is 0 Å². The molecule has 0 fully saturated rings. The van der Waals surface area contributed by atoms with E-state index in [1.165, 1.54) is 50.1 Å². The average molecular weight is 448 g/mol. The van der Waals surface area contributed by atoms with Crippen molar-refractivity contribution in [2.45, 2.75) is 69.2 Å². The van der Waals surface area contributed by atoms with Crippen LogP contribution in [0.25, 0.3) is 5.57 Å². The van der Waals surface area contributed by atoms with E-state index in [0.717, 1.165) is 16.8 Å². The maximum Gasteiger partial charge on any atom is 0.0886 e. The molecule has 0 aliphatic heterocycles. The van der Waals surface area contributed by atoms with Crippen molar-refractivity contribution in [1.82, 2.24) is 0 Å². The minimum atomic E-state index is -0.0715. The van der Waals surface area contributed by atoms with Gasteiger partial charge in [0.25, 0.3) is 0 Å². The van der Waals surface area contributed by atoms with Crippen molar-refractivity contribution < 1.29 is 0 Å². The van der Waals surface area contributed by atoms with E-state index in [9.17, 15) is 0 Å². The first-order chi connectivity index (χ1) is 15.9. The molecule has 3 aromatic rings. The lowest BCUT2D eigenvalue weighted by Crippen LogP contribution is -2.02. The largest absolute Gasteiger partial charge is 0.204 e. The molecular weight excluding hydrogens is 410 g/mol. The van der Waals surface area contributed by atoms with Gasteiger partial charge in [0, 0.05) is 5.41 Å². The van der Waals surface area contributed by atoms with Gasteiger partial charge in [0.2, 0.25) is 0 Å². The van der Waals surface area contributed by atoms with Crippen molar-refractivity contribution >= 4 is 17.1 Å². The van der Waals surface area contributed by atoms with Crippen molar-refractivity contribution in [1.29, 1.82) is 0 Å². The minimum Gasteiger partial charge on any atom is -0.204 e. The van der Waals surface area contributed by atoms with Crippen molar-refractivity contribution in [2.24, 2.45) is 10.4 Å². The summed E-state index contributed by atoms with van der Waals surface area (Å²) in [6.45, 7) is 21.5. The van der Waals surface area contributed by atoms with Crippen LogP contribution in [0.3, 0.4) is 0 Å². The third-order valence-corrected chi connectivity index (χ3v) is 5.87. The lowest BCUT2D eigenvalue weighted by atomic mass is 9.86. The molecule has 174 valence electrons. The molecule has 0 heterocycles. The van der Waals surface area contributed by atoms with Crippen LogP contribution in [0.15, 0.2) is 47.5 Å². The number of hydrogen-bond donors (Lipinski definition) is 0. The van der Waals surface area contributed by atoms with Crippen LogP contribution in [0.4, 0.5) is 5.69 Å². The Hall–Kier alpha value is -3.33. The summed E-state index contributed by atoms with van der Waals surface area (Å²) in [5.41, 5.74) is 13.9. The van der Waals surface area contributed by atoms with Gasteiger partial charge < -0.3 is 0 Å². The molecule has 0 unspecified atom stereocenters. The van der Waals surface area contributed by atoms with Crippen LogP contribution in [0.2, 0.25) is 0 Å².